The molecule has 7 heteroatoms. The van der Waals surface area contributed by atoms with Crippen LogP contribution in [0.2, 0.25) is 0 Å². The molecule has 0 saturated heterocycles. The first-order valence-corrected chi connectivity index (χ1v) is 8.24. The van der Waals surface area contributed by atoms with Crippen molar-refractivity contribution in [3.05, 3.63) is 47.7 Å². The lowest BCUT2D eigenvalue weighted by Crippen LogP contribution is -2.08. The molecule has 0 aliphatic heterocycles. The van der Waals surface area contributed by atoms with E-state index in [1.807, 2.05) is 31.2 Å². The maximum absolute atomic E-state index is 12.4. The molecule has 1 aromatic carbocycles. The van der Waals surface area contributed by atoms with E-state index in [2.05, 4.69) is 10.2 Å². The van der Waals surface area contributed by atoms with Gasteiger partial charge in [0.15, 0.2) is 5.03 Å². The number of nitrogens with zero attached hydrogens (tertiary/aromatic N) is 2. The summed E-state index contributed by atoms with van der Waals surface area (Å²) in [4.78, 5) is 0. The Morgan fingerprint density at radius 3 is 2.55 bits per heavy atom. The fraction of sp³-hybridized carbons (Fsp3) is 0.200. The van der Waals surface area contributed by atoms with Crippen molar-refractivity contribution in [2.45, 2.75) is 17.7 Å². The molecule has 2 aromatic heterocycles. The standard InChI is InChI=1S/C15H14N2O4S/c1-10-11-5-3-4-6-12(11)21-13(10)9-22(18,19)15-8-7-14(20-2)16-17-15/h3-8H,9H2,1-2H3. The molecule has 0 spiro atoms. The third kappa shape index (κ3) is 2.55. The van der Waals surface area contributed by atoms with E-state index in [0.29, 0.717) is 11.3 Å². The summed E-state index contributed by atoms with van der Waals surface area (Å²) < 4.78 is 35.4. The molecule has 0 bridgehead atoms. The summed E-state index contributed by atoms with van der Waals surface area (Å²) in [6, 6.07) is 10.3. The van der Waals surface area contributed by atoms with Crippen molar-refractivity contribution in [1.29, 1.82) is 0 Å². The number of sulfone groups is 1. The predicted molar refractivity (Wildman–Crippen MR) is 80.4 cm³/mol. The molecule has 2 heterocycles. The van der Waals surface area contributed by atoms with E-state index in [1.165, 1.54) is 19.2 Å². The molecule has 3 rings (SSSR count). The number of furan rings is 1. The molecule has 0 N–H and O–H groups in total. The Balaban J connectivity index is 1.97. The lowest BCUT2D eigenvalue weighted by molar-refractivity contribution is 0.389. The molecule has 0 aliphatic rings. The number of benzene rings is 1. The average molecular weight is 318 g/mol. The minimum atomic E-state index is -3.63. The maximum atomic E-state index is 12.4. The number of fused-ring (bicyclic) bond motifs is 1. The summed E-state index contributed by atoms with van der Waals surface area (Å²) in [5, 5.41) is 8.19. The zero-order chi connectivity index (χ0) is 15.7. The molecule has 0 radical (unpaired) electrons. The monoisotopic (exact) mass is 318 g/mol. The number of ether oxygens (including phenoxy) is 1. The Morgan fingerprint density at radius 1 is 1.14 bits per heavy atom. The second kappa shape index (κ2) is 5.42. The van der Waals surface area contributed by atoms with E-state index in [4.69, 9.17) is 9.15 Å². The van der Waals surface area contributed by atoms with Gasteiger partial charge >= 0.3 is 0 Å². The van der Waals surface area contributed by atoms with Crippen LogP contribution in [0, 0.1) is 6.92 Å². The normalized spacial score (nSPS) is 11.7. The second-order valence-electron chi connectivity index (χ2n) is 4.82. The number of aryl methyl sites for hydroxylation is 1. The topological polar surface area (TPSA) is 82.3 Å². The largest absolute Gasteiger partial charge is 0.480 e. The summed E-state index contributed by atoms with van der Waals surface area (Å²) in [6.45, 7) is 1.84. The van der Waals surface area contributed by atoms with Gasteiger partial charge in [0.05, 0.1) is 7.11 Å². The highest BCUT2D eigenvalue weighted by Crippen LogP contribution is 2.27. The van der Waals surface area contributed by atoms with Gasteiger partial charge in [-0.3, -0.25) is 0 Å². The second-order valence-corrected chi connectivity index (χ2v) is 6.76. The summed E-state index contributed by atoms with van der Waals surface area (Å²) in [7, 11) is -2.19. The molecule has 0 amide bonds. The minimum absolute atomic E-state index is 0.104. The first kappa shape index (κ1) is 14.5. The highest BCUT2D eigenvalue weighted by Gasteiger charge is 2.22. The summed E-state index contributed by atoms with van der Waals surface area (Å²) >= 11 is 0. The van der Waals surface area contributed by atoms with Gasteiger partial charge in [0.1, 0.15) is 17.1 Å². The van der Waals surface area contributed by atoms with Crippen molar-refractivity contribution in [1.82, 2.24) is 10.2 Å². The molecule has 6 nitrogen and oxygen atoms in total. The Kier molecular flexibility index (Phi) is 3.58. The van der Waals surface area contributed by atoms with E-state index in [0.717, 1.165) is 10.9 Å². The minimum Gasteiger partial charge on any atom is -0.480 e. The van der Waals surface area contributed by atoms with Crippen LogP contribution in [0.1, 0.15) is 11.3 Å². The van der Waals surface area contributed by atoms with Crippen molar-refractivity contribution in [3.8, 4) is 5.88 Å². The van der Waals surface area contributed by atoms with Crippen LogP contribution in [0.25, 0.3) is 11.0 Å². The zero-order valence-electron chi connectivity index (χ0n) is 12.1. The van der Waals surface area contributed by atoms with E-state index in [-0.39, 0.29) is 16.7 Å². The van der Waals surface area contributed by atoms with Gasteiger partial charge in [-0.15, -0.1) is 10.2 Å². The zero-order valence-corrected chi connectivity index (χ0v) is 12.9. The van der Waals surface area contributed by atoms with Crippen molar-refractivity contribution >= 4 is 20.8 Å². The van der Waals surface area contributed by atoms with Crippen molar-refractivity contribution in [2.75, 3.05) is 7.11 Å². The van der Waals surface area contributed by atoms with Crippen molar-refractivity contribution in [3.63, 3.8) is 0 Å². The van der Waals surface area contributed by atoms with Gasteiger partial charge in [0, 0.05) is 11.5 Å². The predicted octanol–water partition coefficient (Wildman–Crippen LogP) is 2.51. The number of hydrogen-bond donors (Lipinski definition) is 0. The van der Waals surface area contributed by atoms with Gasteiger partial charge in [-0.05, 0) is 24.6 Å². The third-order valence-corrected chi connectivity index (χ3v) is 4.90. The SMILES string of the molecule is COc1ccc(S(=O)(=O)Cc2oc3ccccc3c2C)nn1. The molecular formula is C15H14N2O4S. The number of para-hydroxylation sites is 1. The van der Waals surface area contributed by atoms with Crippen LogP contribution in [0.5, 0.6) is 5.88 Å². The molecule has 3 aromatic rings. The van der Waals surface area contributed by atoms with Gasteiger partial charge in [-0.1, -0.05) is 18.2 Å². The quantitative estimate of drug-likeness (QED) is 0.735. The highest BCUT2D eigenvalue weighted by molar-refractivity contribution is 7.90. The van der Waals surface area contributed by atoms with Gasteiger partial charge in [0.2, 0.25) is 15.7 Å². The third-order valence-electron chi connectivity index (χ3n) is 3.41. The van der Waals surface area contributed by atoms with Crippen LogP contribution in [0.4, 0.5) is 0 Å². The van der Waals surface area contributed by atoms with Gasteiger partial charge in [-0.25, -0.2) is 8.42 Å². The van der Waals surface area contributed by atoms with Crippen LogP contribution in [-0.2, 0) is 15.6 Å². The number of rotatable bonds is 4. The molecule has 0 unspecified atom stereocenters. The van der Waals surface area contributed by atoms with Crippen LogP contribution in [0.15, 0.2) is 45.8 Å². The van der Waals surface area contributed by atoms with Gasteiger partial charge in [-0.2, -0.15) is 0 Å². The summed E-state index contributed by atoms with van der Waals surface area (Å²) in [5.74, 6) is 0.423. The van der Waals surface area contributed by atoms with E-state index >= 15 is 0 Å². The number of hydrogen-bond acceptors (Lipinski definition) is 6. The van der Waals surface area contributed by atoms with Crippen LogP contribution in [-0.4, -0.2) is 25.7 Å². The first-order chi connectivity index (χ1) is 10.5. The summed E-state index contributed by atoms with van der Waals surface area (Å²) in [5.41, 5.74) is 1.49. The fourth-order valence-corrected chi connectivity index (χ4v) is 3.40. The van der Waals surface area contributed by atoms with Crippen molar-refractivity contribution in [2.24, 2.45) is 0 Å². The molecule has 0 atom stereocenters. The van der Waals surface area contributed by atoms with E-state index in [9.17, 15) is 8.42 Å². The Bertz CT molecular complexity index is 914. The molecule has 0 fully saturated rings. The van der Waals surface area contributed by atoms with Gasteiger partial charge < -0.3 is 9.15 Å². The van der Waals surface area contributed by atoms with E-state index in [1.54, 1.807) is 0 Å². The van der Waals surface area contributed by atoms with E-state index < -0.39 is 9.84 Å². The fourth-order valence-electron chi connectivity index (χ4n) is 2.19. The summed E-state index contributed by atoms with van der Waals surface area (Å²) in [6.07, 6.45) is 0. The maximum Gasteiger partial charge on any atom is 0.233 e. The lowest BCUT2D eigenvalue weighted by Gasteiger charge is -2.03. The first-order valence-electron chi connectivity index (χ1n) is 6.59. The lowest BCUT2D eigenvalue weighted by atomic mass is 10.2. The Labute approximate surface area is 127 Å². The highest BCUT2D eigenvalue weighted by atomic mass is 32.2. The smallest absolute Gasteiger partial charge is 0.233 e. The van der Waals surface area contributed by atoms with Crippen LogP contribution < -0.4 is 4.74 Å². The molecular weight excluding hydrogens is 304 g/mol. The Hall–Kier alpha value is -2.41. The number of methoxy groups -OCH3 is 1. The van der Waals surface area contributed by atoms with Crippen LogP contribution >= 0.6 is 0 Å². The molecule has 114 valence electrons. The molecule has 22 heavy (non-hydrogen) atoms. The molecule has 0 aliphatic carbocycles. The average Bonchev–Trinajstić information content (AvgIpc) is 2.83. The van der Waals surface area contributed by atoms with Gasteiger partial charge in [0.25, 0.3) is 0 Å². The number of aromatic nitrogens is 2. The molecule has 0 saturated carbocycles. The van der Waals surface area contributed by atoms with Crippen molar-refractivity contribution < 1.29 is 17.6 Å². The van der Waals surface area contributed by atoms with Crippen LogP contribution in [0.3, 0.4) is 0 Å². The Morgan fingerprint density at radius 2 is 1.91 bits per heavy atom.